The Hall–Kier alpha value is -3.03. The van der Waals surface area contributed by atoms with E-state index < -0.39 is 63.7 Å². The Bertz CT molecular complexity index is 1460. The normalized spacial score (nSPS) is 17.9. The molecular formula is C31H41Cl3N6O6. The van der Waals surface area contributed by atoms with Crippen LogP contribution in [-0.4, -0.2) is 78.8 Å². The number of ether oxygens (including phenoxy) is 1. The van der Waals surface area contributed by atoms with Crippen molar-refractivity contribution in [1.82, 2.24) is 31.0 Å². The topological polar surface area (TPSA) is 163 Å². The van der Waals surface area contributed by atoms with Crippen LogP contribution in [0.5, 0.6) is 0 Å². The van der Waals surface area contributed by atoms with Crippen molar-refractivity contribution in [2.45, 2.75) is 82.4 Å². The van der Waals surface area contributed by atoms with Crippen molar-refractivity contribution in [3.63, 3.8) is 0 Å². The lowest BCUT2D eigenvalue weighted by atomic mass is 9.90. The van der Waals surface area contributed by atoms with Crippen molar-refractivity contribution in [3.8, 4) is 0 Å². The molecule has 1 aliphatic rings. The lowest BCUT2D eigenvalue weighted by Crippen LogP contribution is -2.61. The van der Waals surface area contributed by atoms with Gasteiger partial charge in [-0.1, -0.05) is 54.7 Å². The van der Waals surface area contributed by atoms with Gasteiger partial charge in [-0.05, 0) is 70.2 Å². The number of nitrogens with zero attached hydrogens (tertiary/aromatic N) is 3. The summed E-state index contributed by atoms with van der Waals surface area (Å²) in [7, 11) is 0. The highest BCUT2D eigenvalue weighted by atomic mass is 35.6. The van der Waals surface area contributed by atoms with Gasteiger partial charge in [0.15, 0.2) is 0 Å². The van der Waals surface area contributed by atoms with Gasteiger partial charge in [0.1, 0.15) is 24.7 Å². The van der Waals surface area contributed by atoms with Crippen molar-refractivity contribution >= 4 is 75.5 Å². The largest absolute Gasteiger partial charge is 0.460 e. The van der Waals surface area contributed by atoms with Crippen molar-refractivity contribution in [1.29, 1.82) is 0 Å². The van der Waals surface area contributed by atoms with Crippen molar-refractivity contribution in [2.75, 3.05) is 13.2 Å². The van der Waals surface area contributed by atoms with Gasteiger partial charge in [0, 0.05) is 18.1 Å². The fraction of sp³-hybridized carbons (Fsp3) is 0.548. The third-order valence-electron chi connectivity index (χ3n) is 7.43. The number of aliphatic hydroxyl groups is 1. The number of hydrogen-bond acceptors (Lipinski definition) is 9. The van der Waals surface area contributed by atoms with E-state index in [1.807, 2.05) is 12.1 Å². The zero-order valence-electron chi connectivity index (χ0n) is 26.6. The zero-order chi connectivity index (χ0) is 34.4. The van der Waals surface area contributed by atoms with Gasteiger partial charge in [-0.15, -0.1) is 0 Å². The SMILES string of the molecule is CC(C)[C@H](NC(=O)C(C)(C)/C=C/c1cc2cc([C@@H](C)O)cnc2cn1)C(=O)N[C@@H](C)C(=O)N1CCC[C@@H](C(=O)OCC(Cl)(Cl)Cl)N1. The molecule has 1 aliphatic heterocycles. The van der Waals surface area contributed by atoms with Crippen molar-refractivity contribution in [2.24, 2.45) is 11.3 Å². The smallest absolute Gasteiger partial charge is 0.325 e. The van der Waals surface area contributed by atoms with Crippen LogP contribution in [0, 0.1) is 11.3 Å². The number of alkyl halides is 3. The van der Waals surface area contributed by atoms with Gasteiger partial charge in [0.2, 0.25) is 15.6 Å². The lowest BCUT2D eigenvalue weighted by Gasteiger charge is -2.35. The van der Waals surface area contributed by atoms with Gasteiger partial charge >= 0.3 is 5.97 Å². The second-order valence-electron chi connectivity index (χ2n) is 12.3. The predicted octanol–water partition coefficient (Wildman–Crippen LogP) is 3.78. The maximum absolute atomic E-state index is 13.4. The highest BCUT2D eigenvalue weighted by Gasteiger charge is 2.35. The molecule has 15 heteroatoms. The Morgan fingerprint density at radius 2 is 1.80 bits per heavy atom. The predicted molar refractivity (Wildman–Crippen MR) is 176 cm³/mol. The molecule has 4 N–H and O–H groups in total. The first-order valence-electron chi connectivity index (χ1n) is 14.9. The molecule has 3 rings (SSSR count). The first kappa shape index (κ1) is 37.4. The molecule has 0 radical (unpaired) electrons. The number of hydrazine groups is 1. The molecule has 0 unspecified atom stereocenters. The van der Waals surface area contributed by atoms with Gasteiger partial charge < -0.3 is 20.5 Å². The number of rotatable bonds is 11. The monoisotopic (exact) mass is 698 g/mol. The molecule has 0 aliphatic carbocycles. The van der Waals surface area contributed by atoms with E-state index >= 15 is 0 Å². The second kappa shape index (κ2) is 15.7. The maximum Gasteiger partial charge on any atom is 0.325 e. The van der Waals surface area contributed by atoms with E-state index in [2.05, 4.69) is 26.0 Å². The molecule has 1 fully saturated rings. The van der Waals surface area contributed by atoms with Gasteiger partial charge in [-0.3, -0.25) is 34.2 Å². The molecule has 0 aromatic carbocycles. The minimum Gasteiger partial charge on any atom is -0.460 e. The van der Waals surface area contributed by atoms with E-state index in [4.69, 9.17) is 39.5 Å². The highest BCUT2D eigenvalue weighted by Crippen LogP contribution is 2.26. The summed E-state index contributed by atoms with van der Waals surface area (Å²) in [6, 6.07) is 0.926. The Balaban J connectivity index is 1.62. The first-order chi connectivity index (χ1) is 21.4. The fourth-order valence-electron chi connectivity index (χ4n) is 4.58. The average molecular weight is 700 g/mol. The molecule has 0 bridgehead atoms. The van der Waals surface area contributed by atoms with Crippen LogP contribution in [0.25, 0.3) is 17.0 Å². The molecule has 0 saturated carbocycles. The van der Waals surface area contributed by atoms with Gasteiger partial charge in [0.25, 0.3) is 5.91 Å². The number of carbonyl (C=O) groups excluding carboxylic acids is 4. The van der Waals surface area contributed by atoms with E-state index in [0.29, 0.717) is 36.2 Å². The number of aromatic nitrogens is 2. The molecule has 252 valence electrons. The van der Waals surface area contributed by atoms with Crippen molar-refractivity contribution in [3.05, 3.63) is 41.9 Å². The summed E-state index contributed by atoms with van der Waals surface area (Å²) in [5.74, 6) is -2.36. The average Bonchev–Trinajstić information content (AvgIpc) is 2.99. The Kier molecular flexibility index (Phi) is 12.8. The molecule has 12 nitrogen and oxygen atoms in total. The van der Waals surface area contributed by atoms with Gasteiger partial charge in [0.05, 0.1) is 28.9 Å². The number of halogens is 3. The van der Waals surface area contributed by atoms with Crippen LogP contribution in [0.4, 0.5) is 0 Å². The summed E-state index contributed by atoms with van der Waals surface area (Å²) in [6.07, 6.45) is 6.89. The maximum atomic E-state index is 13.4. The number of fused-ring (bicyclic) bond motifs is 1. The van der Waals surface area contributed by atoms with Crippen LogP contribution in [0.3, 0.4) is 0 Å². The fourth-order valence-corrected chi connectivity index (χ4v) is 4.75. The number of carbonyl (C=O) groups is 4. The quantitative estimate of drug-likeness (QED) is 0.202. The van der Waals surface area contributed by atoms with E-state index in [9.17, 15) is 24.3 Å². The van der Waals surface area contributed by atoms with Gasteiger partial charge in [-0.25, -0.2) is 5.43 Å². The summed E-state index contributed by atoms with van der Waals surface area (Å²) >= 11 is 16.9. The van der Waals surface area contributed by atoms with E-state index in [-0.39, 0.29) is 5.92 Å². The second-order valence-corrected chi connectivity index (χ2v) is 14.8. The summed E-state index contributed by atoms with van der Waals surface area (Å²) < 4.78 is 3.27. The molecule has 46 heavy (non-hydrogen) atoms. The Morgan fingerprint density at radius 3 is 2.43 bits per heavy atom. The number of esters is 1. The van der Waals surface area contributed by atoms with E-state index in [1.165, 1.54) is 11.9 Å². The first-order valence-corrected chi connectivity index (χ1v) is 16.1. The van der Waals surface area contributed by atoms with Crippen LogP contribution < -0.4 is 16.1 Å². The zero-order valence-corrected chi connectivity index (χ0v) is 28.9. The number of amides is 3. The summed E-state index contributed by atoms with van der Waals surface area (Å²) in [4.78, 5) is 60.9. The number of hydrogen-bond donors (Lipinski definition) is 4. The Labute approximate surface area is 283 Å². The van der Waals surface area contributed by atoms with Crippen LogP contribution in [0.2, 0.25) is 0 Å². The minimum absolute atomic E-state index is 0.297. The number of nitrogens with one attached hydrogen (secondary N) is 3. The Morgan fingerprint density at radius 1 is 1.11 bits per heavy atom. The molecule has 1 saturated heterocycles. The van der Waals surface area contributed by atoms with Crippen LogP contribution in [0.1, 0.15) is 71.7 Å². The third-order valence-corrected chi connectivity index (χ3v) is 7.76. The van der Waals surface area contributed by atoms with Crippen LogP contribution in [0.15, 0.2) is 30.6 Å². The molecule has 0 spiro atoms. The standard InChI is InChI=1S/C31H41Cl3N6O6/c1-17(2)25(26(42)37-18(3)27(43)40-11-7-8-23(39-40)28(44)46-16-31(32,33)34)38-29(45)30(5,6)10-9-22-13-20-12-21(19(4)41)14-36-24(20)15-35-22/h9-10,12-15,17-19,23,25,39,41H,7-8,11,16H2,1-6H3,(H,37,42)(H,38,45)/b10-9+/t18-,19+,23-,25-/m0/s1. The van der Waals surface area contributed by atoms with E-state index in [1.54, 1.807) is 59.2 Å². The molecule has 4 atom stereocenters. The lowest BCUT2D eigenvalue weighted by molar-refractivity contribution is -0.152. The van der Waals surface area contributed by atoms with E-state index in [0.717, 1.165) is 5.39 Å². The molecule has 3 heterocycles. The molecule has 2 aromatic heterocycles. The number of aliphatic hydroxyl groups excluding tert-OH is 1. The van der Waals surface area contributed by atoms with Crippen LogP contribution >= 0.6 is 34.8 Å². The molecule has 3 amide bonds. The summed E-state index contributed by atoms with van der Waals surface area (Å²) in [5.41, 5.74) is 3.74. The minimum atomic E-state index is -1.76. The summed E-state index contributed by atoms with van der Waals surface area (Å²) in [5, 5.41) is 17.4. The summed E-state index contributed by atoms with van der Waals surface area (Å²) in [6.45, 7) is 10.1. The third kappa shape index (κ3) is 10.5. The highest BCUT2D eigenvalue weighted by molar-refractivity contribution is 6.67. The van der Waals surface area contributed by atoms with Crippen molar-refractivity contribution < 1.29 is 29.0 Å². The molecular weight excluding hydrogens is 659 g/mol. The van der Waals surface area contributed by atoms with Gasteiger partial charge in [-0.2, -0.15) is 0 Å². The number of pyridine rings is 2. The molecule has 2 aromatic rings. The van der Waals surface area contributed by atoms with Crippen LogP contribution in [-0.2, 0) is 23.9 Å².